The third-order valence-corrected chi connectivity index (χ3v) is 5.77. The van der Waals surface area contributed by atoms with Crippen molar-refractivity contribution in [2.75, 3.05) is 26.7 Å². The molecule has 0 aliphatic carbocycles. The number of rotatable bonds is 5. The van der Waals surface area contributed by atoms with E-state index in [1.165, 1.54) is 11.4 Å². The molecule has 6 nitrogen and oxygen atoms in total. The Hall–Kier alpha value is -1.22. The Balaban J connectivity index is 0.00000288. The highest BCUT2D eigenvalue weighted by atomic mass is 35.5. The van der Waals surface area contributed by atoms with E-state index in [2.05, 4.69) is 5.32 Å². The van der Waals surface area contributed by atoms with E-state index in [-0.39, 0.29) is 35.5 Å². The molecule has 0 atom stereocenters. The number of piperidine rings is 1. The lowest BCUT2D eigenvalue weighted by Crippen LogP contribution is -2.43. The van der Waals surface area contributed by atoms with Crippen LogP contribution in [0.4, 0.5) is 4.39 Å². The molecule has 0 bridgehead atoms. The summed E-state index contributed by atoms with van der Waals surface area (Å²) in [5, 5.41) is 3.17. The molecule has 1 aromatic rings. The van der Waals surface area contributed by atoms with Gasteiger partial charge in [0.1, 0.15) is 5.82 Å². The Morgan fingerprint density at radius 1 is 1.33 bits per heavy atom. The maximum Gasteiger partial charge on any atom is 0.338 e. The van der Waals surface area contributed by atoms with Crippen LogP contribution in [0, 0.1) is 5.82 Å². The minimum Gasteiger partial charge on any atom is -0.462 e. The first-order chi connectivity index (χ1) is 10.9. The number of nitrogens with one attached hydrogen (secondary N) is 1. The molecule has 2 rings (SSSR count). The molecule has 9 heteroatoms. The van der Waals surface area contributed by atoms with E-state index in [0.29, 0.717) is 12.8 Å². The van der Waals surface area contributed by atoms with Gasteiger partial charge in [0.2, 0.25) is 10.0 Å². The molecule has 0 radical (unpaired) electrons. The van der Waals surface area contributed by atoms with E-state index >= 15 is 0 Å². The van der Waals surface area contributed by atoms with Crippen LogP contribution in [0.1, 0.15) is 30.1 Å². The number of nitrogens with zero attached hydrogens (tertiary/aromatic N) is 1. The van der Waals surface area contributed by atoms with E-state index in [9.17, 15) is 17.6 Å². The predicted molar refractivity (Wildman–Crippen MR) is 90.4 cm³/mol. The monoisotopic (exact) mass is 380 g/mol. The molecular weight excluding hydrogens is 359 g/mol. The molecule has 24 heavy (non-hydrogen) atoms. The van der Waals surface area contributed by atoms with Crippen LogP contribution in [0.3, 0.4) is 0 Å². The van der Waals surface area contributed by atoms with Gasteiger partial charge in [-0.1, -0.05) is 0 Å². The first-order valence-electron chi connectivity index (χ1n) is 7.52. The average Bonchev–Trinajstić information content (AvgIpc) is 2.54. The number of benzene rings is 1. The Kier molecular flexibility index (Phi) is 7.59. The van der Waals surface area contributed by atoms with Crippen molar-refractivity contribution in [1.29, 1.82) is 0 Å². The molecular formula is C15H22ClFN2O4S. The second-order valence-electron chi connectivity index (χ2n) is 5.40. The second kappa shape index (κ2) is 8.75. The van der Waals surface area contributed by atoms with E-state index in [4.69, 9.17) is 4.74 Å². The SMILES string of the molecule is CCOC(=O)c1cc(F)cc(S(=O)(=O)N(C)C2CCNCC2)c1.Cl. The van der Waals surface area contributed by atoms with Gasteiger partial charge in [0.25, 0.3) is 0 Å². The summed E-state index contributed by atoms with van der Waals surface area (Å²) in [7, 11) is -2.39. The van der Waals surface area contributed by atoms with Crippen LogP contribution in [0.2, 0.25) is 0 Å². The largest absolute Gasteiger partial charge is 0.462 e. The van der Waals surface area contributed by atoms with Crippen molar-refractivity contribution in [3.63, 3.8) is 0 Å². The molecule has 0 aromatic heterocycles. The molecule has 1 aliphatic heterocycles. The van der Waals surface area contributed by atoms with Gasteiger partial charge in [0.15, 0.2) is 0 Å². The zero-order chi connectivity index (χ0) is 17.0. The number of hydrogen-bond acceptors (Lipinski definition) is 5. The van der Waals surface area contributed by atoms with Crippen molar-refractivity contribution in [1.82, 2.24) is 9.62 Å². The van der Waals surface area contributed by atoms with Crippen LogP contribution in [0.25, 0.3) is 0 Å². The van der Waals surface area contributed by atoms with Crippen LogP contribution < -0.4 is 5.32 Å². The van der Waals surface area contributed by atoms with Crippen molar-refractivity contribution in [2.45, 2.75) is 30.7 Å². The summed E-state index contributed by atoms with van der Waals surface area (Å²) >= 11 is 0. The van der Waals surface area contributed by atoms with Crippen LogP contribution in [-0.2, 0) is 14.8 Å². The van der Waals surface area contributed by atoms with Crippen molar-refractivity contribution in [3.8, 4) is 0 Å². The lowest BCUT2D eigenvalue weighted by molar-refractivity contribution is 0.0525. The molecule has 1 saturated heterocycles. The Bertz CT molecular complexity index is 678. The normalized spacial score (nSPS) is 15.8. The highest BCUT2D eigenvalue weighted by Gasteiger charge is 2.30. The van der Waals surface area contributed by atoms with E-state index < -0.39 is 21.8 Å². The van der Waals surface area contributed by atoms with Gasteiger partial charge in [-0.15, -0.1) is 12.4 Å². The van der Waals surface area contributed by atoms with E-state index in [0.717, 1.165) is 31.3 Å². The molecule has 1 aliphatic rings. The quantitative estimate of drug-likeness (QED) is 0.788. The summed E-state index contributed by atoms with van der Waals surface area (Å²) in [5.74, 6) is -1.53. The smallest absolute Gasteiger partial charge is 0.338 e. The third-order valence-electron chi connectivity index (χ3n) is 3.88. The first-order valence-corrected chi connectivity index (χ1v) is 8.96. The van der Waals surface area contributed by atoms with Gasteiger partial charge in [0.05, 0.1) is 17.1 Å². The van der Waals surface area contributed by atoms with E-state index in [1.54, 1.807) is 6.92 Å². The van der Waals surface area contributed by atoms with Gasteiger partial charge >= 0.3 is 5.97 Å². The lowest BCUT2D eigenvalue weighted by Gasteiger charge is -2.30. The van der Waals surface area contributed by atoms with Crippen LogP contribution >= 0.6 is 12.4 Å². The van der Waals surface area contributed by atoms with Crippen LogP contribution in [-0.4, -0.2) is 51.5 Å². The number of sulfonamides is 1. The van der Waals surface area contributed by atoms with Crippen molar-refractivity contribution >= 4 is 28.4 Å². The van der Waals surface area contributed by atoms with Gasteiger partial charge < -0.3 is 10.1 Å². The average molecular weight is 381 g/mol. The molecule has 1 heterocycles. The summed E-state index contributed by atoms with van der Waals surface area (Å²) in [6, 6.07) is 2.92. The number of halogens is 2. The van der Waals surface area contributed by atoms with Gasteiger partial charge in [-0.05, 0) is 51.1 Å². The summed E-state index contributed by atoms with van der Waals surface area (Å²) in [6.45, 7) is 3.23. The molecule has 136 valence electrons. The number of esters is 1. The first kappa shape index (κ1) is 20.8. The van der Waals surface area contributed by atoms with E-state index in [1.807, 2.05) is 0 Å². The second-order valence-corrected chi connectivity index (χ2v) is 7.40. The van der Waals surface area contributed by atoms with Crippen molar-refractivity contribution < 1.29 is 22.3 Å². The molecule has 0 spiro atoms. The minimum absolute atomic E-state index is 0. The topological polar surface area (TPSA) is 75.7 Å². The predicted octanol–water partition coefficient (Wildman–Crippen LogP) is 1.80. The van der Waals surface area contributed by atoms with Crippen LogP contribution in [0.5, 0.6) is 0 Å². The fourth-order valence-corrected chi connectivity index (χ4v) is 4.05. The number of ether oxygens (including phenoxy) is 1. The number of hydrogen-bond donors (Lipinski definition) is 1. The molecule has 1 N–H and O–H groups in total. The number of carbonyl (C=O) groups excluding carboxylic acids is 1. The van der Waals surface area contributed by atoms with Crippen molar-refractivity contribution in [2.24, 2.45) is 0 Å². The molecule has 0 unspecified atom stereocenters. The minimum atomic E-state index is -3.87. The summed E-state index contributed by atoms with van der Waals surface area (Å²) in [4.78, 5) is 11.5. The summed E-state index contributed by atoms with van der Waals surface area (Å²) < 4.78 is 45.2. The molecule has 0 amide bonds. The Labute approximate surface area is 147 Å². The summed E-state index contributed by atoms with van der Waals surface area (Å²) in [5.41, 5.74) is -0.107. The highest BCUT2D eigenvalue weighted by Crippen LogP contribution is 2.23. The fraction of sp³-hybridized carbons (Fsp3) is 0.533. The van der Waals surface area contributed by atoms with Crippen LogP contribution in [0.15, 0.2) is 23.1 Å². The fourth-order valence-electron chi connectivity index (χ4n) is 2.58. The molecule has 1 fully saturated rings. The molecule has 0 saturated carbocycles. The maximum atomic E-state index is 13.8. The maximum absolute atomic E-state index is 13.8. The van der Waals surface area contributed by atoms with Crippen molar-refractivity contribution in [3.05, 3.63) is 29.6 Å². The Morgan fingerprint density at radius 2 is 1.96 bits per heavy atom. The van der Waals surface area contributed by atoms with Gasteiger partial charge in [-0.2, -0.15) is 4.31 Å². The van der Waals surface area contributed by atoms with Gasteiger partial charge in [-0.3, -0.25) is 0 Å². The zero-order valence-corrected chi connectivity index (χ0v) is 15.3. The zero-order valence-electron chi connectivity index (χ0n) is 13.6. The Morgan fingerprint density at radius 3 is 2.54 bits per heavy atom. The van der Waals surface area contributed by atoms with Gasteiger partial charge in [-0.25, -0.2) is 17.6 Å². The summed E-state index contributed by atoms with van der Waals surface area (Å²) in [6.07, 6.45) is 1.38. The highest BCUT2D eigenvalue weighted by molar-refractivity contribution is 7.89. The number of carbonyl (C=O) groups is 1. The lowest BCUT2D eigenvalue weighted by atomic mass is 10.1. The third kappa shape index (κ3) is 4.66. The standard InChI is InChI=1S/C15H21FN2O4S.ClH/c1-3-22-15(19)11-8-12(16)10-14(9-11)23(20,21)18(2)13-4-6-17-7-5-13;/h8-10,13,17H,3-7H2,1-2H3;1H. The molecule has 1 aromatic carbocycles. The van der Waals surface area contributed by atoms with Gasteiger partial charge in [0, 0.05) is 13.1 Å².